The van der Waals surface area contributed by atoms with Crippen molar-refractivity contribution in [3.05, 3.63) is 94.7 Å². The number of anilines is 1. The quantitative estimate of drug-likeness (QED) is 0.591. The summed E-state index contributed by atoms with van der Waals surface area (Å²) in [5.41, 5.74) is 1.69. The lowest BCUT2D eigenvalue weighted by atomic mass is 10.0. The number of carbonyl (C=O) groups is 1. The first-order chi connectivity index (χ1) is 16.0. The van der Waals surface area contributed by atoms with E-state index in [1.54, 1.807) is 30.3 Å². The lowest BCUT2D eigenvalue weighted by Crippen LogP contribution is -2.46. The van der Waals surface area contributed by atoms with Gasteiger partial charge < -0.3 is 14.7 Å². The number of hydrogen-bond donors (Lipinski definition) is 1. The van der Waals surface area contributed by atoms with E-state index < -0.39 is 5.82 Å². The van der Waals surface area contributed by atoms with Crippen molar-refractivity contribution in [1.82, 2.24) is 4.90 Å². The van der Waals surface area contributed by atoms with Crippen LogP contribution in [0.25, 0.3) is 6.08 Å². The first kappa shape index (κ1) is 21.2. The van der Waals surface area contributed by atoms with Gasteiger partial charge in [-0.3, -0.25) is 9.69 Å². The van der Waals surface area contributed by atoms with E-state index in [1.807, 2.05) is 11.0 Å². The Kier molecular flexibility index (Phi) is 5.56. The summed E-state index contributed by atoms with van der Waals surface area (Å²) in [6.45, 7) is 2.96. The first-order valence-corrected chi connectivity index (χ1v) is 10.8. The molecule has 0 saturated carbocycles. The maximum absolute atomic E-state index is 14.1. The van der Waals surface area contributed by atoms with Gasteiger partial charge in [0.25, 0.3) is 0 Å². The van der Waals surface area contributed by atoms with E-state index in [2.05, 4.69) is 4.90 Å². The van der Waals surface area contributed by atoms with Crippen LogP contribution in [-0.4, -0.2) is 42.0 Å². The highest BCUT2D eigenvalue weighted by atomic mass is 19.1. The van der Waals surface area contributed by atoms with Crippen LogP contribution >= 0.6 is 0 Å². The number of piperazine rings is 1. The van der Waals surface area contributed by atoms with E-state index in [0.717, 1.165) is 0 Å². The predicted octanol–water partition coefficient (Wildman–Crippen LogP) is 4.61. The fraction of sp³-hybridized carbons (Fsp3) is 0.192. The molecule has 2 aliphatic rings. The Morgan fingerprint density at radius 1 is 0.909 bits per heavy atom. The van der Waals surface area contributed by atoms with Gasteiger partial charge in [-0.15, -0.1) is 0 Å². The second kappa shape index (κ2) is 8.67. The molecule has 0 spiro atoms. The van der Waals surface area contributed by atoms with Crippen molar-refractivity contribution >= 4 is 17.5 Å². The van der Waals surface area contributed by atoms with Crippen LogP contribution in [0.4, 0.5) is 14.5 Å². The Morgan fingerprint density at radius 2 is 1.61 bits per heavy atom. The van der Waals surface area contributed by atoms with Crippen LogP contribution in [0.15, 0.2) is 66.4 Å². The molecule has 0 bridgehead atoms. The van der Waals surface area contributed by atoms with Crippen molar-refractivity contribution in [3.63, 3.8) is 0 Å². The van der Waals surface area contributed by atoms with Crippen LogP contribution in [0.3, 0.4) is 0 Å². The molecule has 168 valence electrons. The number of fused-ring (bicyclic) bond motifs is 1. The van der Waals surface area contributed by atoms with Crippen LogP contribution in [0, 0.1) is 11.6 Å². The minimum absolute atomic E-state index is 0.0197. The van der Waals surface area contributed by atoms with Gasteiger partial charge in [-0.25, -0.2) is 8.78 Å². The van der Waals surface area contributed by atoms with E-state index >= 15 is 0 Å². The van der Waals surface area contributed by atoms with Crippen LogP contribution in [0.1, 0.15) is 21.5 Å². The average Bonchev–Trinajstić information content (AvgIpc) is 3.13. The molecule has 0 aromatic heterocycles. The number of ketones is 1. The number of phenols is 1. The zero-order chi connectivity index (χ0) is 22.9. The highest BCUT2D eigenvalue weighted by molar-refractivity contribution is 6.15. The Morgan fingerprint density at radius 3 is 2.33 bits per heavy atom. The second-order valence-electron chi connectivity index (χ2n) is 8.12. The molecule has 5 nitrogen and oxygen atoms in total. The topological polar surface area (TPSA) is 53.0 Å². The van der Waals surface area contributed by atoms with Gasteiger partial charge >= 0.3 is 0 Å². The highest BCUT2D eigenvalue weighted by Crippen LogP contribution is 2.40. The largest absolute Gasteiger partial charge is 0.507 e. The van der Waals surface area contributed by atoms with Gasteiger partial charge in [-0.05, 0) is 36.4 Å². The first-order valence-electron chi connectivity index (χ1n) is 10.8. The molecule has 2 aliphatic heterocycles. The van der Waals surface area contributed by atoms with E-state index in [-0.39, 0.29) is 28.7 Å². The lowest BCUT2D eigenvalue weighted by molar-refractivity contribution is 0.101. The number of ether oxygens (including phenoxy) is 1. The summed E-state index contributed by atoms with van der Waals surface area (Å²) in [5, 5.41) is 10.5. The number of rotatable bonds is 4. The van der Waals surface area contributed by atoms with E-state index in [4.69, 9.17) is 4.74 Å². The fourth-order valence-corrected chi connectivity index (χ4v) is 4.26. The van der Waals surface area contributed by atoms with E-state index in [9.17, 15) is 18.7 Å². The molecule has 1 saturated heterocycles. The number of para-hydroxylation sites is 1. The van der Waals surface area contributed by atoms with Crippen LogP contribution in [0.5, 0.6) is 11.5 Å². The van der Waals surface area contributed by atoms with Crippen molar-refractivity contribution < 1.29 is 23.4 Å². The standard InChI is InChI=1S/C26H22F2N2O3/c27-20-6-2-1-5-17(20)15-24-25(32)18-9-10-23(31)19(26(18)33-24)16-29-11-13-30(14-12-29)22-8-4-3-7-21(22)28/h1-10,15,31H,11-14,16H2/b24-15-. The van der Waals surface area contributed by atoms with Gasteiger partial charge in [0.1, 0.15) is 23.1 Å². The number of benzene rings is 3. The summed E-state index contributed by atoms with van der Waals surface area (Å²) in [7, 11) is 0. The molecule has 1 N–H and O–H groups in total. The van der Waals surface area contributed by atoms with Gasteiger partial charge in [-0.1, -0.05) is 30.3 Å². The Balaban J connectivity index is 1.34. The normalized spacial score (nSPS) is 17.3. The molecular formula is C26H22F2N2O3. The minimum Gasteiger partial charge on any atom is -0.507 e. The molecule has 3 aromatic carbocycles. The maximum Gasteiger partial charge on any atom is 0.231 e. The highest BCUT2D eigenvalue weighted by Gasteiger charge is 2.32. The van der Waals surface area contributed by atoms with Crippen LogP contribution < -0.4 is 9.64 Å². The number of carbonyl (C=O) groups excluding carboxylic acids is 1. The molecule has 2 heterocycles. The number of nitrogens with zero attached hydrogens (tertiary/aromatic N) is 2. The van der Waals surface area contributed by atoms with Gasteiger partial charge in [0.15, 0.2) is 5.76 Å². The molecule has 5 rings (SSSR count). The SMILES string of the molecule is O=C1/C(=C/c2ccccc2F)Oc2c1ccc(O)c2CN1CCN(c2ccccc2F)CC1. The molecule has 0 amide bonds. The van der Waals surface area contributed by atoms with Gasteiger partial charge in [0, 0.05) is 38.3 Å². The third-order valence-corrected chi connectivity index (χ3v) is 6.06. The number of aromatic hydroxyl groups is 1. The third-order valence-electron chi connectivity index (χ3n) is 6.06. The van der Waals surface area contributed by atoms with Crippen LogP contribution in [0.2, 0.25) is 0 Å². The van der Waals surface area contributed by atoms with E-state index in [1.165, 1.54) is 30.3 Å². The zero-order valence-electron chi connectivity index (χ0n) is 17.8. The third kappa shape index (κ3) is 4.07. The molecule has 0 aliphatic carbocycles. The molecule has 3 aromatic rings. The molecule has 7 heteroatoms. The maximum atomic E-state index is 14.1. The Bertz CT molecular complexity index is 1250. The van der Waals surface area contributed by atoms with Crippen molar-refractivity contribution in [2.75, 3.05) is 31.1 Å². The van der Waals surface area contributed by atoms with Gasteiger partial charge in [0.05, 0.1) is 16.8 Å². The smallest absolute Gasteiger partial charge is 0.231 e. The van der Waals surface area contributed by atoms with Crippen molar-refractivity contribution in [3.8, 4) is 11.5 Å². The summed E-state index contributed by atoms with van der Waals surface area (Å²) < 4.78 is 34.0. The molecular weight excluding hydrogens is 426 g/mol. The summed E-state index contributed by atoms with van der Waals surface area (Å²) >= 11 is 0. The fourth-order valence-electron chi connectivity index (χ4n) is 4.26. The van der Waals surface area contributed by atoms with Crippen LogP contribution in [-0.2, 0) is 6.54 Å². The molecule has 33 heavy (non-hydrogen) atoms. The summed E-state index contributed by atoms with van der Waals surface area (Å²) in [6, 6.07) is 15.8. The number of allylic oxidation sites excluding steroid dienone is 1. The van der Waals surface area contributed by atoms with Crippen molar-refractivity contribution in [2.45, 2.75) is 6.54 Å². The van der Waals surface area contributed by atoms with Crippen molar-refractivity contribution in [1.29, 1.82) is 0 Å². The van der Waals surface area contributed by atoms with E-state index in [0.29, 0.717) is 55.3 Å². The predicted molar refractivity (Wildman–Crippen MR) is 121 cm³/mol. The monoisotopic (exact) mass is 448 g/mol. The summed E-state index contributed by atoms with van der Waals surface area (Å²) in [6.07, 6.45) is 1.38. The van der Waals surface area contributed by atoms with Gasteiger partial charge in [0.2, 0.25) is 5.78 Å². The number of phenolic OH excluding ortho intramolecular Hbond substituents is 1. The average molecular weight is 448 g/mol. The minimum atomic E-state index is -0.451. The Hall–Kier alpha value is -3.71. The lowest BCUT2D eigenvalue weighted by Gasteiger charge is -2.36. The molecule has 0 atom stereocenters. The summed E-state index contributed by atoms with van der Waals surface area (Å²) in [5.74, 6) is -0.687. The molecule has 0 unspecified atom stereocenters. The molecule has 0 radical (unpaired) electrons. The zero-order valence-corrected chi connectivity index (χ0v) is 17.8. The second-order valence-corrected chi connectivity index (χ2v) is 8.12. The number of Topliss-reactive ketones (excluding diaryl/α,β-unsaturated/α-hetero) is 1. The van der Waals surface area contributed by atoms with Gasteiger partial charge in [-0.2, -0.15) is 0 Å². The number of hydrogen-bond acceptors (Lipinski definition) is 5. The Labute approximate surface area is 190 Å². The molecule has 1 fully saturated rings. The van der Waals surface area contributed by atoms with Crippen molar-refractivity contribution in [2.24, 2.45) is 0 Å². The number of halogens is 2. The summed E-state index contributed by atoms with van der Waals surface area (Å²) in [4.78, 5) is 17.0.